The van der Waals surface area contributed by atoms with Gasteiger partial charge in [0, 0.05) is 24.7 Å². The van der Waals surface area contributed by atoms with Gasteiger partial charge in [0.15, 0.2) is 0 Å². The molecule has 0 aliphatic carbocycles. The van der Waals surface area contributed by atoms with Crippen molar-refractivity contribution in [2.75, 3.05) is 37.1 Å². The van der Waals surface area contributed by atoms with Crippen LogP contribution in [0.15, 0.2) is 0 Å². The smallest absolute Gasteiger partial charge is 0.303 e. The summed E-state index contributed by atoms with van der Waals surface area (Å²) in [5.41, 5.74) is -0.667. The molecule has 6 N–H and O–H groups in total. The van der Waals surface area contributed by atoms with Crippen LogP contribution in [-0.4, -0.2) is 85.6 Å². The Bertz CT molecular complexity index is 346. The van der Waals surface area contributed by atoms with E-state index in [1.165, 1.54) is 0 Å². The molecule has 0 aromatic heterocycles. The summed E-state index contributed by atoms with van der Waals surface area (Å²) in [4.78, 5) is 29.2. The highest BCUT2D eigenvalue weighted by atomic mass is 32.1. The van der Waals surface area contributed by atoms with Crippen molar-refractivity contribution in [2.24, 2.45) is 5.41 Å². The van der Waals surface area contributed by atoms with E-state index in [9.17, 15) is 14.4 Å². The minimum atomic E-state index is -0.742. The van der Waals surface area contributed by atoms with Gasteiger partial charge in [-0.15, -0.1) is 0 Å². The summed E-state index contributed by atoms with van der Waals surface area (Å²) in [7, 11) is 0. The van der Waals surface area contributed by atoms with Crippen molar-refractivity contribution < 1.29 is 45.0 Å². The van der Waals surface area contributed by atoms with Crippen LogP contribution in [0.1, 0.15) is 51.9 Å². The molecular weight excluding hydrogens is 456 g/mol. The number of carbonyl (C=O) groups is 3. The Labute approximate surface area is 195 Å². The molecule has 12 heteroatoms. The standard InChI is InChI=1S/C6H14O3.3C4H8O2S/c1-2-6(3-7,4-8)5-9;3*5-4(6)2-1-3-7/h7-9H,2-5H2,1H3;3*7H,1-3H2,(H,5,6). The molecule has 0 saturated heterocycles. The molecular formula is C18H38O9S3. The van der Waals surface area contributed by atoms with Gasteiger partial charge >= 0.3 is 17.9 Å². The zero-order valence-electron chi connectivity index (χ0n) is 17.4. The van der Waals surface area contributed by atoms with E-state index < -0.39 is 23.3 Å². The fourth-order valence-corrected chi connectivity index (χ4v) is 1.65. The zero-order valence-corrected chi connectivity index (χ0v) is 20.1. The number of aliphatic hydroxyl groups is 3. The quantitative estimate of drug-likeness (QED) is 0.173. The highest BCUT2D eigenvalue weighted by Crippen LogP contribution is 2.18. The third-order valence-corrected chi connectivity index (χ3v) is 4.35. The summed E-state index contributed by atoms with van der Waals surface area (Å²) in [6.07, 6.45) is 3.31. The predicted molar refractivity (Wildman–Crippen MR) is 126 cm³/mol. The Hall–Kier alpha value is -0.660. The SMILES string of the molecule is CCC(CO)(CO)CO.O=C(O)CCCS.O=C(O)CCCS.O=C(O)CCCS. The van der Waals surface area contributed by atoms with E-state index >= 15 is 0 Å². The average molecular weight is 495 g/mol. The summed E-state index contributed by atoms with van der Waals surface area (Å²) in [6.45, 7) is 1.35. The lowest BCUT2D eigenvalue weighted by molar-refractivity contribution is -0.138. The van der Waals surface area contributed by atoms with Crippen LogP contribution in [0.5, 0.6) is 0 Å². The molecule has 0 radical (unpaired) electrons. The average Bonchev–Trinajstić information content (AvgIpc) is 2.72. The van der Waals surface area contributed by atoms with E-state index in [0.29, 0.717) is 42.9 Å². The first-order valence-electron chi connectivity index (χ1n) is 9.36. The minimum absolute atomic E-state index is 0.156. The lowest BCUT2D eigenvalue weighted by Gasteiger charge is -2.24. The van der Waals surface area contributed by atoms with Gasteiger partial charge in [0.25, 0.3) is 0 Å². The van der Waals surface area contributed by atoms with E-state index in [-0.39, 0.29) is 39.1 Å². The second kappa shape index (κ2) is 28.3. The van der Waals surface area contributed by atoms with E-state index in [2.05, 4.69) is 37.9 Å². The number of hydrogen-bond acceptors (Lipinski definition) is 9. The van der Waals surface area contributed by atoms with Crippen LogP contribution in [0.25, 0.3) is 0 Å². The van der Waals surface area contributed by atoms with Crippen molar-refractivity contribution in [3.63, 3.8) is 0 Å². The summed E-state index contributed by atoms with van der Waals surface area (Å²) in [5, 5.41) is 50.0. The van der Waals surface area contributed by atoms with Crippen molar-refractivity contribution in [3.8, 4) is 0 Å². The van der Waals surface area contributed by atoms with Crippen molar-refractivity contribution in [1.82, 2.24) is 0 Å². The number of aliphatic carboxylic acids is 3. The van der Waals surface area contributed by atoms with Gasteiger partial charge in [0.05, 0.1) is 19.8 Å². The van der Waals surface area contributed by atoms with Gasteiger partial charge in [0.2, 0.25) is 0 Å². The Morgan fingerprint density at radius 3 is 0.900 bits per heavy atom. The second-order valence-corrected chi connectivity index (χ2v) is 7.33. The number of rotatable bonds is 13. The molecule has 0 heterocycles. The molecule has 0 aromatic carbocycles. The maximum atomic E-state index is 9.72. The molecule has 0 amide bonds. The van der Waals surface area contributed by atoms with Gasteiger partial charge < -0.3 is 30.6 Å². The second-order valence-electron chi connectivity index (χ2n) is 5.99. The summed E-state index contributed by atoms with van der Waals surface area (Å²) in [5.74, 6) is -0.248. The lowest BCUT2D eigenvalue weighted by Crippen LogP contribution is -2.32. The van der Waals surface area contributed by atoms with Gasteiger partial charge in [0.1, 0.15) is 0 Å². The highest BCUT2D eigenvalue weighted by molar-refractivity contribution is 7.80. The molecule has 0 fully saturated rings. The Balaban J connectivity index is -0.000000151. The Kier molecular flexibility index (Phi) is 34.7. The summed E-state index contributed by atoms with van der Waals surface area (Å²) < 4.78 is 0. The number of carboxylic acids is 3. The van der Waals surface area contributed by atoms with Gasteiger partial charge in [-0.2, -0.15) is 37.9 Å². The number of thiol groups is 3. The van der Waals surface area contributed by atoms with Crippen LogP contribution in [-0.2, 0) is 14.4 Å². The van der Waals surface area contributed by atoms with Crippen molar-refractivity contribution in [3.05, 3.63) is 0 Å². The largest absolute Gasteiger partial charge is 0.481 e. The maximum Gasteiger partial charge on any atom is 0.303 e. The molecule has 0 unspecified atom stereocenters. The van der Waals surface area contributed by atoms with Crippen LogP contribution in [0.2, 0.25) is 0 Å². The minimum Gasteiger partial charge on any atom is -0.481 e. The predicted octanol–water partition coefficient (Wildman–Crippen LogP) is 1.70. The first-order valence-corrected chi connectivity index (χ1v) is 11.3. The third-order valence-electron chi connectivity index (χ3n) is 3.40. The monoisotopic (exact) mass is 494 g/mol. The molecule has 0 atom stereocenters. The van der Waals surface area contributed by atoms with Crippen LogP contribution in [0.4, 0.5) is 0 Å². The first-order chi connectivity index (χ1) is 14.1. The molecule has 0 rings (SSSR count). The van der Waals surface area contributed by atoms with Crippen molar-refractivity contribution >= 4 is 55.8 Å². The van der Waals surface area contributed by atoms with Crippen LogP contribution in [0, 0.1) is 5.41 Å². The lowest BCUT2D eigenvalue weighted by atomic mass is 9.88. The van der Waals surface area contributed by atoms with Gasteiger partial charge in [-0.05, 0) is 42.9 Å². The molecule has 0 spiro atoms. The van der Waals surface area contributed by atoms with E-state index in [1.807, 2.05) is 6.92 Å². The molecule has 0 aliphatic heterocycles. The molecule has 0 aliphatic rings. The molecule has 182 valence electrons. The number of hydrogen-bond donors (Lipinski definition) is 9. The normalized spacial score (nSPS) is 9.70. The summed E-state index contributed by atoms with van der Waals surface area (Å²) in [6, 6.07) is 0. The van der Waals surface area contributed by atoms with Crippen molar-refractivity contribution in [2.45, 2.75) is 51.9 Å². The summed E-state index contributed by atoms with van der Waals surface area (Å²) >= 11 is 11.5. The fraction of sp³-hybridized carbons (Fsp3) is 0.833. The maximum absolute atomic E-state index is 9.72. The van der Waals surface area contributed by atoms with Crippen LogP contribution < -0.4 is 0 Å². The molecule has 0 saturated carbocycles. The topological polar surface area (TPSA) is 173 Å². The molecule has 0 bridgehead atoms. The van der Waals surface area contributed by atoms with Gasteiger partial charge in [-0.25, -0.2) is 0 Å². The Morgan fingerprint density at radius 1 is 0.633 bits per heavy atom. The van der Waals surface area contributed by atoms with Crippen molar-refractivity contribution in [1.29, 1.82) is 0 Å². The van der Waals surface area contributed by atoms with Crippen LogP contribution in [0.3, 0.4) is 0 Å². The van der Waals surface area contributed by atoms with E-state index in [1.54, 1.807) is 0 Å². The van der Waals surface area contributed by atoms with E-state index in [4.69, 9.17) is 30.6 Å². The van der Waals surface area contributed by atoms with Gasteiger partial charge in [-0.1, -0.05) is 6.92 Å². The van der Waals surface area contributed by atoms with Gasteiger partial charge in [-0.3, -0.25) is 14.4 Å². The zero-order chi connectivity index (χ0) is 24.4. The van der Waals surface area contributed by atoms with Crippen LogP contribution >= 0.6 is 37.9 Å². The number of aliphatic hydroxyl groups excluding tert-OH is 3. The van der Waals surface area contributed by atoms with E-state index in [0.717, 1.165) is 0 Å². The molecule has 0 aromatic rings. The fourth-order valence-electron chi connectivity index (χ4n) is 1.18. The number of carboxylic acid groups (broad SMARTS) is 3. The Morgan fingerprint density at radius 2 is 0.867 bits per heavy atom. The highest BCUT2D eigenvalue weighted by Gasteiger charge is 2.24. The molecule has 9 nitrogen and oxygen atoms in total. The molecule has 30 heavy (non-hydrogen) atoms. The first kappa shape index (κ1) is 36.7. The third kappa shape index (κ3) is 34.8.